The van der Waals surface area contributed by atoms with Crippen molar-refractivity contribution in [3.63, 3.8) is 0 Å². The Morgan fingerprint density at radius 3 is 2.60 bits per heavy atom. The van der Waals surface area contributed by atoms with Crippen molar-refractivity contribution in [2.24, 2.45) is 4.99 Å². The molecule has 1 heterocycles. The molecule has 1 aliphatic rings. The molecule has 0 unspecified atom stereocenters. The normalized spacial score (nSPS) is 15.6. The fourth-order valence-electron chi connectivity index (χ4n) is 3.31. The molecule has 6 nitrogen and oxygen atoms in total. The van der Waals surface area contributed by atoms with E-state index in [0.29, 0.717) is 39.2 Å². The van der Waals surface area contributed by atoms with Crippen molar-refractivity contribution in [3.05, 3.63) is 100 Å². The minimum absolute atomic E-state index is 0.183. The molecular formula is C27H23FN2O4S. The Morgan fingerprint density at radius 1 is 1.09 bits per heavy atom. The van der Waals surface area contributed by atoms with Crippen LogP contribution in [0.2, 0.25) is 0 Å². The first kappa shape index (κ1) is 24.2. The summed E-state index contributed by atoms with van der Waals surface area (Å²) in [5.74, 6) is -0.310. The largest absolute Gasteiger partial charge is 0.488 e. The standard InChI is InChI=1S/C27H23FN2O4S/c1-3-33-26(32)19-11-13-22(14-12-19)29-27-30(2)25(31)24(35-27)16-20-8-4-5-10-23(20)34-17-18-7-6-9-21(28)15-18/h4-16H,3,17H2,1-2H3. The molecule has 0 saturated carbocycles. The first-order valence-electron chi connectivity index (χ1n) is 10.9. The topological polar surface area (TPSA) is 68.2 Å². The summed E-state index contributed by atoms with van der Waals surface area (Å²) in [5, 5.41) is 0.517. The van der Waals surface area contributed by atoms with E-state index in [0.717, 1.165) is 5.56 Å². The molecule has 0 radical (unpaired) electrons. The maximum absolute atomic E-state index is 13.5. The second-order valence-corrected chi connectivity index (χ2v) is 8.60. The zero-order chi connectivity index (χ0) is 24.8. The molecule has 0 aliphatic carbocycles. The number of rotatable bonds is 7. The van der Waals surface area contributed by atoms with Crippen molar-refractivity contribution in [3.8, 4) is 5.75 Å². The average molecular weight is 491 g/mol. The molecule has 8 heteroatoms. The highest BCUT2D eigenvalue weighted by atomic mass is 32.2. The van der Waals surface area contributed by atoms with Crippen molar-refractivity contribution in [2.45, 2.75) is 13.5 Å². The summed E-state index contributed by atoms with van der Waals surface area (Å²) in [6.45, 7) is 2.26. The van der Waals surface area contributed by atoms with Crippen molar-refractivity contribution in [2.75, 3.05) is 13.7 Å². The SMILES string of the molecule is CCOC(=O)c1ccc(N=C2SC(=Cc3ccccc3OCc3cccc(F)c3)C(=O)N2C)cc1. The van der Waals surface area contributed by atoms with E-state index in [9.17, 15) is 14.0 Å². The highest BCUT2D eigenvalue weighted by Gasteiger charge is 2.30. The Hall–Kier alpha value is -3.91. The van der Waals surface area contributed by atoms with Crippen molar-refractivity contribution in [1.29, 1.82) is 0 Å². The van der Waals surface area contributed by atoms with Crippen LogP contribution in [0.25, 0.3) is 6.08 Å². The Labute approximate surface area is 207 Å². The van der Waals surface area contributed by atoms with Crippen LogP contribution in [0.4, 0.5) is 10.1 Å². The number of esters is 1. The van der Waals surface area contributed by atoms with Crippen LogP contribution in [0.1, 0.15) is 28.4 Å². The van der Waals surface area contributed by atoms with E-state index in [2.05, 4.69) is 4.99 Å². The third-order valence-corrected chi connectivity index (χ3v) is 6.16. The number of aliphatic imine (C=N–C) groups is 1. The van der Waals surface area contributed by atoms with Crippen molar-refractivity contribution in [1.82, 2.24) is 4.90 Å². The number of para-hydroxylation sites is 1. The molecule has 0 atom stereocenters. The molecule has 1 saturated heterocycles. The number of carbonyl (C=O) groups excluding carboxylic acids is 2. The summed E-state index contributed by atoms with van der Waals surface area (Å²) in [4.78, 5) is 31.2. The summed E-state index contributed by atoms with van der Waals surface area (Å²) < 4.78 is 24.4. The summed E-state index contributed by atoms with van der Waals surface area (Å²) in [5.41, 5.74) is 2.49. The van der Waals surface area contributed by atoms with Gasteiger partial charge in [0.05, 0.1) is 22.8 Å². The van der Waals surface area contributed by atoms with Gasteiger partial charge >= 0.3 is 5.97 Å². The Kier molecular flexibility index (Phi) is 7.62. The second-order valence-electron chi connectivity index (χ2n) is 7.59. The third kappa shape index (κ3) is 5.96. The van der Waals surface area contributed by atoms with Gasteiger partial charge in [-0.25, -0.2) is 14.2 Å². The lowest BCUT2D eigenvalue weighted by atomic mass is 10.1. The van der Waals surface area contributed by atoms with Gasteiger partial charge in [0.2, 0.25) is 0 Å². The molecule has 1 amide bonds. The van der Waals surface area contributed by atoms with Gasteiger partial charge in [-0.15, -0.1) is 0 Å². The monoisotopic (exact) mass is 490 g/mol. The van der Waals surface area contributed by atoms with Gasteiger partial charge in [0.15, 0.2) is 5.17 Å². The number of hydrogen-bond acceptors (Lipinski definition) is 6. The van der Waals surface area contributed by atoms with Gasteiger partial charge in [0.1, 0.15) is 18.2 Å². The number of ether oxygens (including phenoxy) is 2. The number of likely N-dealkylation sites (N-methyl/N-ethyl adjacent to an activating group) is 1. The van der Waals surface area contributed by atoms with E-state index in [1.165, 1.54) is 28.8 Å². The van der Waals surface area contributed by atoms with Crippen LogP contribution in [0.15, 0.2) is 82.7 Å². The first-order chi connectivity index (χ1) is 16.9. The average Bonchev–Trinajstić information content (AvgIpc) is 3.12. The number of nitrogens with zero attached hydrogens (tertiary/aromatic N) is 2. The highest BCUT2D eigenvalue weighted by Crippen LogP contribution is 2.35. The van der Waals surface area contributed by atoms with E-state index < -0.39 is 5.97 Å². The molecule has 4 rings (SSSR count). The van der Waals surface area contributed by atoms with Crippen molar-refractivity contribution >= 4 is 40.6 Å². The van der Waals surface area contributed by atoms with E-state index in [-0.39, 0.29) is 18.3 Å². The molecular weight excluding hydrogens is 467 g/mol. The fraction of sp³-hybridized carbons (Fsp3) is 0.148. The summed E-state index contributed by atoms with van der Waals surface area (Å²) in [7, 11) is 1.66. The predicted molar refractivity (Wildman–Crippen MR) is 135 cm³/mol. The summed E-state index contributed by atoms with van der Waals surface area (Å²) in [6, 6.07) is 20.3. The maximum Gasteiger partial charge on any atom is 0.338 e. The smallest absolute Gasteiger partial charge is 0.338 e. The van der Waals surface area contributed by atoms with Crippen LogP contribution in [0.3, 0.4) is 0 Å². The van der Waals surface area contributed by atoms with Crippen LogP contribution in [-0.4, -0.2) is 35.6 Å². The number of halogens is 1. The van der Waals surface area contributed by atoms with Gasteiger partial charge in [-0.1, -0.05) is 30.3 Å². The predicted octanol–water partition coefficient (Wildman–Crippen LogP) is 5.82. The third-order valence-electron chi connectivity index (χ3n) is 5.10. The molecule has 3 aromatic carbocycles. The zero-order valence-electron chi connectivity index (χ0n) is 19.2. The van der Waals surface area contributed by atoms with Gasteiger partial charge in [0.25, 0.3) is 5.91 Å². The van der Waals surface area contributed by atoms with Crippen LogP contribution in [-0.2, 0) is 16.1 Å². The number of amides is 1. The summed E-state index contributed by atoms with van der Waals surface area (Å²) >= 11 is 1.25. The Balaban J connectivity index is 1.51. The molecule has 35 heavy (non-hydrogen) atoms. The second kappa shape index (κ2) is 11.0. The van der Waals surface area contributed by atoms with E-state index in [4.69, 9.17) is 9.47 Å². The lowest BCUT2D eigenvalue weighted by molar-refractivity contribution is -0.121. The number of thioether (sulfide) groups is 1. The minimum atomic E-state index is -0.391. The molecule has 0 bridgehead atoms. The number of amidine groups is 1. The molecule has 1 fully saturated rings. The van der Waals surface area contributed by atoms with Crippen LogP contribution < -0.4 is 4.74 Å². The molecule has 0 spiro atoms. The minimum Gasteiger partial charge on any atom is -0.488 e. The Bertz CT molecular complexity index is 1300. The van der Waals surface area contributed by atoms with Gasteiger partial charge < -0.3 is 9.47 Å². The quantitative estimate of drug-likeness (QED) is 0.309. The van der Waals surface area contributed by atoms with Gasteiger partial charge in [0, 0.05) is 12.6 Å². The molecule has 0 aromatic heterocycles. The Morgan fingerprint density at radius 2 is 1.86 bits per heavy atom. The van der Waals surface area contributed by atoms with Crippen LogP contribution in [0.5, 0.6) is 5.75 Å². The molecule has 178 valence electrons. The maximum atomic E-state index is 13.5. The van der Waals surface area contributed by atoms with Crippen LogP contribution in [0, 0.1) is 5.82 Å². The first-order valence-corrected chi connectivity index (χ1v) is 11.8. The molecule has 3 aromatic rings. The van der Waals surface area contributed by atoms with E-state index in [1.807, 2.05) is 18.2 Å². The zero-order valence-corrected chi connectivity index (χ0v) is 20.0. The number of carbonyl (C=O) groups is 2. The highest BCUT2D eigenvalue weighted by molar-refractivity contribution is 8.18. The number of hydrogen-bond donors (Lipinski definition) is 0. The van der Waals surface area contributed by atoms with Crippen LogP contribution >= 0.6 is 11.8 Å². The van der Waals surface area contributed by atoms with Gasteiger partial charge in [-0.3, -0.25) is 9.69 Å². The lowest BCUT2D eigenvalue weighted by Crippen LogP contribution is -2.23. The van der Waals surface area contributed by atoms with Gasteiger partial charge in [-0.2, -0.15) is 0 Å². The van der Waals surface area contributed by atoms with E-state index >= 15 is 0 Å². The molecule has 1 aliphatic heterocycles. The lowest BCUT2D eigenvalue weighted by Gasteiger charge is -2.10. The van der Waals surface area contributed by atoms with Crippen molar-refractivity contribution < 1.29 is 23.5 Å². The molecule has 0 N–H and O–H groups in total. The fourth-order valence-corrected chi connectivity index (χ4v) is 4.29. The van der Waals surface area contributed by atoms with E-state index in [1.54, 1.807) is 62.5 Å². The summed E-state index contributed by atoms with van der Waals surface area (Å²) in [6.07, 6.45) is 1.76. The van der Waals surface area contributed by atoms with Gasteiger partial charge in [-0.05, 0) is 72.8 Å². The number of benzene rings is 3.